The number of benzene rings is 1. The molecule has 0 aliphatic carbocycles. The quantitative estimate of drug-likeness (QED) is 0.754. The molecule has 158 valence electrons. The Balaban J connectivity index is 1.61. The molecule has 0 unspecified atom stereocenters. The summed E-state index contributed by atoms with van der Waals surface area (Å²) in [5.41, 5.74) is 0.623. The molecule has 8 nitrogen and oxygen atoms in total. The molecule has 2 saturated heterocycles. The molecule has 0 spiro atoms. The highest BCUT2D eigenvalue weighted by molar-refractivity contribution is 7.89. The lowest BCUT2D eigenvalue weighted by atomic mass is 10.0. The third-order valence-corrected chi connectivity index (χ3v) is 7.90. The first-order chi connectivity index (χ1) is 13.9. The summed E-state index contributed by atoms with van der Waals surface area (Å²) < 4.78 is 33.8. The van der Waals surface area contributed by atoms with E-state index in [1.165, 1.54) is 21.0 Å². The summed E-state index contributed by atoms with van der Waals surface area (Å²) >= 11 is 0. The Morgan fingerprint density at radius 2 is 1.83 bits per heavy atom. The Morgan fingerprint density at radius 3 is 2.55 bits per heavy atom. The Bertz CT molecular complexity index is 1070. The van der Waals surface area contributed by atoms with E-state index in [-0.39, 0.29) is 29.0 Å². The summed E-state index contributed by atoms with van der Waals surface area (Å²) in [4.78, 5) is 27.0. The van der Waals surface area contributed by atoms with Crippen molar-refractivity contribution in [3.05, 3.63) is 28.7 Å². The van der Waals surface area contributed by atoms with Gasteiger partial charge in [-0.2, -0.15) is 4.31 Å². The van der Waals surface area contributed by atoms with E-state index in [9.17, 15) is 18.0 Å². The fraction of sp³-hybridized carbons (Fsp3) is 0.600. The van der Waals surface area contributed by atoms with Gasteiger partial charge in [0.05, 0.1) is 10.4 Å². The fourth-order valence-corrected chi connectivity index (χ4v) is 5.84. The predicted octanol–water partition coefficient (Wildman–Crippen LogP) is 2.17. The Labute approximate surface area is 170 Å². The molecular weight excluding hydrogens is 394 g/mol. The van der Waals surface area contributed by atoms with Gasteiger partial charge in [-0.1, -0.05) is 6.42 Å². The number of amides is 1. The van der Waals surface area contributed by atoms with Gasteiger partial charge in [0, 0.05) is 31.7 Å². The van der Waals surface area contributed by atoms with Crippen molar-refractivity contribution in [1.29, 1.82) is 0 Å². The lowest BCUT2D eigenvalue weighted by Gasteiger charge is -2.33. The number of fused-ring (bicyclic) bond motifs is 1. The first-order valence-electron chi connectivity index (χ1n) is 10.3. The van der Waals surface area contributed by atoms with Crippen molar-refractivity contribution in [1.82, 2.24) is 13.8 Å². The zero-order valence-corrected chi connectivity index (χ0v) is 17.5. The molecule has 0 saturated carbocycles. The van der Waals surface area contributed by atoms with Crippen molar-refractivity contribution in [3.63, 3.8) is 0 Å². The lowest BCUT2D eigenvalue weighted by Crippen LogP contribution is -2.44. The molecule has 0 radical (unpaired) electrons. The van der Waals surface area contributed by atoms with Crippen LogP contribution < -0.4 is 5.76 Å². The van der Waals surface area contributed by atoms with Gasteiger partial charge in [0.2, 0.25) is 15.9 Å². The van der Waals surface area contributed by atoms with Crippen LogP contribution in [0.3, 0.4) is 0 Å². The Hall–Kier alpha value is -2.13. The van der Waals surface area contributed by atoms with E-state index in [4.69, 9.17) is 4.42 Å². The molecule has 29 heavy (non-hydrogen) atoms. The maximum Gasteiger partial charge on any atom is 0.420 e. The second kappa shape index (κ2) is 7.95. The SMILES string of the molecule is C[C@H]1CCCCN1C(=O)Cn1c(=O)oc2cc(S(=O)(=O)N3CCCCC3)ccc21. The van der Waals surface area contributed by atoms with Crippen LogP contribution >= 0.6 is 0 Å². The van der Waals surface area contributed by atoms with Gasteiger partial charge >= 0.3 is 5.76 Å². The number of sulfonamides is 1. The maximum atomic E-state index is 12.9. The van der Waals surface area contributed by atoms with Crippen molar-refractivity contribution in [3.8, 4) is 0 Å². The third-order valence-electron chi connectivity index (χ3n) is 6.01. The van der Waals surface area contributed by atoms with Crippen molar-refractivity contribution in [2.75, 3.05) is 19.6 Å². The summed E-state index contributed by atoms with van der Waals surface area (Å²) in [7, 11) is -3.62. The summed E-state index contributed by atoms with van der Waals surface area (Å²) in [6.07, 6.45) is 5.77. The largest absolute Gasteiger partial charge is 0.420 e. The minimum absolute atomic E-state index is 0.103. The van der Waals surface area contributed by atoms with Gasteiger partial charge in [-0.15, -0.1) is 0 Å². The van der Waals surface area contributed by atoms with E-state index < -0.39 is 15.8 Å². The van der Waals surface area contributed by atoms with Crippen molar-refractivity contribution in [2.45, 2.75) is 62.9 Å². The molecular formula is C20H27N3O5S. The average Bonchev–Trinajstić information content (AvgIpc) is 3.03. The predicted molar refractivity (Wildman–Crippen MR) is 108 cm³/mol. The van der Waals surface area contributed by atoms with Crippen molar-refractivity contribution >= 4 is 27.0 Å². The zero-order chi connectivity index (χ0) is 20.6. The number of carbonyl (C=O) groups excluding carboxylic acids is 1. The summed E-state index contributed by atoms with van der Waals surface area (Å²) in [6.45, 7) is 3.63. The van der Waals surface area contributed by atoms with E-state index in [1.807, 2.05) is 11.8 Å². The number of aromatic nitrogens is 1. The van der Waals surface area contributed by atoms with Gasteiger partial charge in [-0.25, -0.2) is 13.2 Å². The van der Waals surface area contributed by atoms with Crippen LogP contribution in [-0.4, -0.2) is 53.8 Å². The van der Waals surface area contributed by atoms with Gasteiger partial charge in [0.25, 0.3) is 0 Å². The standard InChI is InChI=1S/C20H27N3O5S/c1-15-7-3-6-12-22(15)19(24)14-23-17-9-8-16(13-18(17)28-20(23)25)29(26,27)21-10-4-2-5-11-21/h8-9,13,15H,2-7,10-12,14H2,1H3/t15-/m0/s1. The summed E-state index contributed by atoms with van der Waals surface area (Å²) in [5, 5.41) is 0. The summed E-state index contributed by atoms with van der Waals surface area (Å²) in [5.74, 6) is -0.766. The van der Waals surface area contributed by atoms with Crippen LogP contribution in [0, 0.1) is 0 Å². The number of oxazole rings is 1. The highest BCUT2D eigenvalue weighted by atomic mass is 32.2. The highest BCUT2D eigenvalue weighted by Gasteiger charge is 2.28. The molecule has 1 aromatic carbocycles. The second-order valence-electron chi connectivity index (χ2n) is 7.98. The molecule has 1 amide bonds. The Kier molecular flexibility index (Phi) is 5.52. The number of carbonyl (C=O) groups is 1. The number of likely N-dealkylation sites (tertiary alicyclic amines) is 1. The van der Waals surface area contributed by atoms with Crippen LogP contribution in [-0.2, 0) is 21.4 Å². The number of hydrogen-bond donors (Lipinski definition) is 0. The van der Waals surface area contributed by atoms with Crippen LogP contribution in [0.25, 0.3) is 11.1 Å². The van der Waals surface area contributed by atoms with Crippen LogP contribution in [0.2, 0.25) is 0 Å². The monoisotopic (exact) mass is 421 g/mol. The van der Waals surface area contributed by atoms with Gasteiger partial charge in [0.15, 0.2) is 5.58 Å². The molecule has 1 aromatic heterocycles. The smallest absolute Gasteiger partial charge is 0.408 e. The zero-order valence-electron chi connectivity index (χ0n) is 16.7. The normalized spacial score (nSPS) is 21.6. The van der Waals surface area contributed by atoms with Crippen LogP contribution in [0.15, 0.2) is 32.3 Å². The molecule has 0 N–H and O–H groups in total. The number of rotatable bonds is 4. The van der Waals surface area contributed by atoms with Gasteiger partial charge in [0.1, 0.15) is 6.54 Å². The number of hydrogen-bond acceptors (Lipinski definition) is 5. The van der Waals surface area contributed by atoms with Crippen LogP contribution in [0.1, 0.15) is 45.4 Å². The van der Waals surface area contributed by atoms with E-state index >= 15 is 0 Å². The first-order valence-corrected chi connectivity index (χ1v) is 11.7. The molecule has 9 heteroatoms. The van der Waals surface area contributed by atoms with E-state index in [1.54, 1.807) is 6.07 Å². The highest BCUT2D eigenvalue weighted by Crippen LogP contribution is 2.24. The van der Waals surface area contributed by atoms with Crippen LogP contribution in [0.4, 0.5) is 0 Å². The first kappa shape index (κ1) is 20.2. The van der Waals surface area contributed by atoms with Gasteiger partial charge in [-0.05, 0) is 51.2 Å². The topological polar surface area (TPSA) is 92.8 Å². The van der Waals surface area contributed by atoms with E-state index in [0.29, 0.717) is 25.2 Å². The van der Waals surface area contributed by atoms with E-state index in [0.717, 1.165) is 38.5 Å². The molecule has 2 aliphatic heterocycles. The third kappa shape index (κ3) is 3.85. The van der Waals surface area contributed by atoms with Gasteiger partial charge in [-0.3, -0.25) is 9.36 Å². The van der Waals surface area contributed by atoms with E-state index in [2.05, 4.69) is 0 Å². The molecule has 1 atom stereocenters. The average molecular weight is 422 g/mol. The second-order valence-corrected chi connectivity index (χ2v) is 9.92. The fourth-order valence-electron chi connectivity index (χ4n) is 4.31. The molecule has 0 bridgehead atoms. The minimum atomic E-state index is -3.62. The van der Waals surface area contributed by atoms with Gasteiger partial charge < -0.3 is 9.32 Å². The molecule has 2 aliphatic rings. The van der Waals surface area contributed by atoms with Crippen molar-refractivity contribution < 1.29 is 17.6 Å². The number of piperidine rings is 2. The molecule has 2 aromatic rings. The maximum absolute atomic E-state index is 12.9. The molecule has 2 fully saturated rings. The van der Waals surface area contributed by atoms with Crippen molar-refractivity contribution in [2.24, 2.45) is 0 Å². The minimum Gasteiger partial charge on any atom is -0.408 e. The lowest BCUT2D eigenvalue weighted by molar-refractivity contribution is -0.135. The number of nitrogens with zero attached hydrogens (tertiary/aromatic N) is 3. The van der Waals surface area contributed by atoms with Crippen LogP contribution in [0.5, 0.6) is 0 Å². The molecule has 4 rings (SSSR count). The molecule has 3 heterocycles. The Morgan fingerprint density at radius 1 is 1.10 bits per heavy atom. The summed E-state index contributed by atoms with van der Waals surface area (Å²) in [6, 6.07) is 4.60.